The Morgan fingerprint density at radius 1 is 1.14 bits per heavy atom. The van der Waals surface area contributed by atoms with Crippen molar-refractivity contribution in [2.24, 2.45) is 0 Å². The summed E-state index contributed by atoms with van der Waals surface area (Å²) in [6.07, 6.45) is 1.65. The topological polar surface area (TPSA) is 111 Å². The smallest absolute Gasteiger partial charge is 0.256 e. The number of benzene rings is 2. The van der Waals surface area contributed by atoms with Crippen molar-refractivity contribution in [3.05, 3.63) is 59.8 Å². The molecule has 1 N–H and O–H groups in total. The number of aromatic nitrogens is 3. The lowest BCUT2D eigenvalue weighted by Gasteiger charge is -2.19. The van der Waals surface area contributed by atoms with Crippen molar-refractivity contribution in [1.82, 2.24) is 14.8 Å². The molecular formula is C26H23N5O4. The first-order valence-corrected chi connectivity index (χ1v) is 11.2. The zero-order chi connectivity index (χ0) is 24.5. The number of nitriles is 1. The number of ether oxygens (including phenoxy) is 3. The number of methoxy groups -OCH3 is 1. The van der Waals surface area contributed by atoms with Crippen LogP contribution in [0.15, 0.2) is 48.7 Å². The maximum absolute atomic E-state index is 13.5. The first kappa shape index (κ1) is 22.2. The minimum Gasteiger partial charge on any atom is -0.495 e. The van der Waals surface area contributed by atoms with E-state index in [1.165, 1.54) is 7.11 Å². The van der Waals surface area contributed by atoms with E-state index >= 15 is 0 Å². The highest BCUT2D eigenvalue weighted by atomic mass is 16.6. The molecule has 176 valence electrons. The Labute approximate surface area is 201 Å². The summed E-state index contributed by atoms with van der Waals surface area (Å²) >= 11 is 0. The first-order chi connectivity index (χ1) is 17.0. The second kappa shape index (κ2) is 8.99. The van der Waals surface area contributed by atoms with Crippen LogP contribution in [0.3, 0.4) is 0 Å². The minimum atomic E-state index is -0.368. The van der Waals surface area contributed by atoms with Crippen LogP contribution in [0, 0.1) is 11.3 Å². The lowest BCUT2D eigenvalue weighted by molar-refractivity contribution is 0.102. The Morgan fingerprint density at radius 3 is 2.69 bits per heavy atom. The van der Waals surface area contributed by atoms with Gasteiger partial charge < -0.3 is 19.5 Å². The zero-order valence-electron chi connectivity index (χ0n) is 19.5. The maximum atomic E-state index is 13.5. The molecule has 9 heteroatoms. The molecule has 0 spiro atoms. The zero-order valence-corrected chi connectivity index (χ0v) is 19.5. The van der Waals surface area contributed by atoms with E-state index in [0.29, 0.717) is 64.0 Å². The lowest BCUT2D eigenvalue weighted by atomic mass is 10.1. The fourth-order valence-electron chi connectivity index (χ4n) is 4.00. The van der Waals surface area contributed by atoms with Crippen molar-refractivity contribution in [3.8, 4) is 34.6 Å². The van der Waals surface area contributed by atoms with Gasteiger partial charge in [-0.15, -0.1) is 0 Å². The van der Waals surface area contributed by atoms with E-state index in [4.69, 9.17) is 19.2 Å². The molecular weight excluding hydrogens is 446 g/mol. The number of carbonyl (C=O) groups excluding carboxylic acids is 1. The van der Waals surface area contributed by atoms with Crippen LogP contribution in [0.5, 0.6) is 17.2 Å². The predicted molar refractivity (Wildman–Crippen MR) is 130 cm³/mol. The molecule has 1 aliphatic heterocycles. The van der Waals surface area contributed by atoms with Gasteiger partial charge >= 0.3 is 0 Å². The van der Waals surface area contributed by atoms with Crippen LogP contribution in [-0.2, 0) is 0 Å². The van der Waals surface area contributed by atoms with E-state index in [-0.39, 0.29) is 11.9 Å². The third kappa shape index (κ3) is 4.10. The molecule has 4 aromatic rings. The van der Waals surface area contributed by atoms with Crippen LogP contribution in [0.25, 0.3) is 22.3 Å². The molecule has 9 nitrogen and oxygen atoms in total. The van der Waals surface area contributed by atoms with Gasteiger partial charge in [-0.1, -0.05) is 0 Å². The average Bonchev–Trinajstić information content (AvgIpc) is 3.32. The predicted octanol–water partition coefficient (Wildman–Crippen LogP) is 4.58. The first-order valence-electron chi connectivity index (χ1n) is 11.2. The molecule has 2 aromatic carbocycles. The summed E-state index contributed by atoms with van der Waals surface area (Å²) in [7, 11) is 1.51. The Bertz CT molecular complexity index is 1490. The second-order valence-corrected chi connectivity index (χ2v) is 8.31. The standard InChI is InChI=1S/C26H23N5O4/c1-15(2)31-25-19(14-28-31)18(26(32)30-21-10-16(13-27)4-6-22(21)33-3)12-20(29-25)17-5-7-23-24(11-17)35-9-8-34-23/h4-7,10-12,14-15H,8-9H2,1-3H3,(H,30,32). The van der Waals surface area contributed by atoms with E-state index < -0.39 is 0 Å². The summed E-state index contributed by atoms with van der Waals surface area (Å²) in [4.78, 5) is 18.4. The number of hydrogen-bond acceptors (Lipinski definition) is 7. The number of fused-ring (bicyclic) bond motifs is 2. The second-order valence-electron chi connectivity index (χ2n) is 8.31. The van der Waals surface area contributed by atoms with Gasteiger partial charge in [-0.3, -0.25) is 4.79 Å². The minimum absolute atomic E-state index is 0.0406. The van der Waals surface area contributed by atoms with E-state index in [1.807, 2.05) is 32.0 Å². The van der Waals surface area contributed by atoms with Gasteiger partial charge in [0.15, 0.2) is 17.1 Å². The fraction of sp³-hybridized carbons (Fsp3) is 0.231. The quantitative estimate of drug-likeness (QED) is 0.455. The molecule has 0 saturated carbocycles. The molecule has 35 heavy (non-hydrogen) atoms. The molecule has 0 aliphatic carbocycles. The van der Waals surface area contributed by atoms with Gasteiger partial charge in [0.1, 0.15) is 19.0 Å². The number of pyridine rings is 1. The number of anilines is 1. The number of amides is 1. The Morgan fingerprint density at radius 2 is 1.94 bits per heavy atom. The normalized spacial score (nSPS) is 12.4. The van der Waals surface area contributed by atoms with Crippen LogP contribution >= 0.6 is 0 Å². The third-order valence-corrected chi connectivity index (χ3v) is 5.72. The highest BCUT2D eigenvalue weighted by Crippen LogP contribution is 2.35. The number of nitrogens with zero attached hydrogens (tertiary/aromatic N) is 4. The number of hydrogen-bond donors (Lipinski definition) is 1. The van der Waals surface area contributed by atoms with Crippen molar-refractivity contribution in [1.29, 1.82) is 5.26 Å². The third-order valence-electron chi connectivity index (χ3n) is 5.72. The molecule has 0 unspecified atom stereocenters. The summed E-state index contributed by atoms with van der Waals surface area (Å²) in [6.45, 7) is 4.98. The van der Waals surface area contributed by atoms with Gasteiger partial charge in [-0.25, -0.2) is 9.67 Å². The molecule has 5 rings (SSSR count). The Hall–Kier alpha value is -4.58. The van der Waals surface area contributed by atoms with Gasteiger partial charge in [0.05, 0.1) is 47.3 Å². The van der Waals surface area contributed by atoms with Crippen molar-refractivity contribution in [3.63, 3.8) is 0 Å². The van der Waals surface area contributed by atoms with Crippen LogP contribution in [0.4, 0.5) is 5.69 Å². The van der Waals surface area contributed by atoms with Gasteiger partial charge in [-0.05, 0) is 56.3 Å². The van der Waals surface area contributed by atoms with Crippen molar-refractivity contribution in [2.75, 3.05) is 25.6 Å². The van der Waals surface area contributed by atoms with E-state index in [9.17, 15) is 10.1 Å². The number of nitrogens with one attached hydrogen (secondary N) is 1. The fourth-order valence-corrected chi connectivity index (χ4v) is 4.00. The number of rotatable bonds is 5. The van der Waals surface area contributed by atoms with Crippen LogP contribution in [0.1, 0.15) is 35.8 Å². The molecule has 3 heterocycles. The van der Waals surface area contributed by atoms with Crippen molar-refractivity contribution >= 4 is 22.6 Å². The van der Waals surface area contributed by atoms with Crippen LogP contribution < -0.4 is 19.5 Å². The van der Waals surface area contributed by atoms with Crippen molar-refractivity contribution in [2.45, 2.75) is 19.9 Å². The molecule has 0 bridgehead atoms. The average molecular weight is 470 g/mol. The van der Waals surface area contributed by atoms with E-state index in [1.54, 1.807) is 35.1 Å². The van der Waals surface area contributed by atoms with E-state index in [0.717, 1.165) is 5.56 Å². The summed E-state index contributed by atoms with van der Waals surface area (Å²) in [5, 5.41) is 17.3. The monoisotopic (exact) mass is 469 g/mol. The van der Waals surface area contributed by atoms with Crippen LogP contribution in [-0.4, -0.2) is 41.0 Å². The van der Waals surface area contributed by atoms with Gasteiger partial charge in [-0.2, -0.15) is 10.4 Å². The Kier molecular flexibility index (Phi) is 5.71. The molecule has 0 atom stereocenters. The molecule has 1 aliphatic rings. The SMILES string of the molecule is COc1ccc(C#N)cc1NC(=O)c1cc(-c2ccc3c(c2)OCCO3)nc2c1cnn2C(C)C. The summed E-state index contributed by atoms with van der Waals surface area (Å²) in [5.41, 5.74) is 3.18. The van der Waals surface area contributed by atoms with Crippen LogP contribution in [0.2, 0.25) is 0 Å². The molecule has 0 fully saturated rings. The molecule has 0 radical (unpaired) electrons. The molecule has 2 aromatic heterocycles. The summed E-state index contributed by atoms with van der Waals surface area (Å²) < 4.78 is 18.5. The highest BCUT2D eigenvalue weighted by Gasteiger charge is 2.21. The van der Waals surface area contributed by atoms with Crippen molar-refractivity contribution < 1.29 is 19.0 Å². The van der Waals surface area contributed by atoms with Gasteiger partial charge in [0, 0.05) is 11.6 Å². The lowest BCUT2D eigenvalue weighted by Crippen LogP contribution is -2.15. The van der Waals surface area contributed by atoms with E-state index in [2.05, 4.69) is 16.5 Å². The molecule has 1 amide bonds. The largest absolute Gasteiger partial charge is 0.495 e. The maximum Gasteiger partial charge on any atom is 0.256 e. The Balaban J connectivity index is 1.63. The summed E-state index contributed by atoms with van der Waals surface area (Å²) in [5.74, 6) is 1.40. The summed E-state index contributed by atoms with van der Waals surface area (Å²) in [6, 6.07) is 14.3. The molecule has 0 saturated heterocycles. The number of carbonyl (C=O) groups is 1. The highest BCUT2D eigenvalue weighted by molar-refractivity contribution is 6.13. The van der Waals surface area contributed by atoms with Gasteiger partial charge in [0.2, 0.25) is 0 Å². The van der Waals surface area contributed by atoms with Gasteiger partial charge in [0.25, 0.3) is 5.91 Å².